The Morgan fingerprint density at radius 3 is 2.76 bits per heavy atom. The van der Waals surface area contributed by atoms with Crippen LogP contribution in [-0.4, -0.2) is 34.9 Å². The number of aryl methyl sites for hydroxylation is 2. The fourth-order valence-electron chi connectivity index (χ4n) is 4.54. The van der Waals surface area contributed by atoms with Crippen LogP contribution in [0.4, 0.5) is 0 Å². The average molecular weight is 390 g/mol. The molecular weight excluding hydrogens is 358 g/mol. The zero-order chi connectivity index (χ0) is 20.4. The first-order chi connectivity index (χ1) is 14.0. The molecule has 152 valence electrons. The molecule has 4 rings (SSSR count). The van der Waals surface area contributed by atoms with Gasteiger partial charge in [-0.15, -0.1) is 0 Å². The van der Waals surface area contributed by atoms with Crippen LogP contribution < -0.4 is 5.32 Å². The van der Waals surface area contributed by atoms with Crippen LogP contribution in [0.2, 0.25) is 0 Å². The molecule has 2 aromatic carbocycles. The summed E-state index contributed by atoms with van der Waals surface area (Å²) in [4.78, 5) is 18.7. The van der Waals surface area contributed by atoms with Crippen LogP contribution in [0.5, 0.6) is 0 Å². The largest absolute Gasteiger partial charge is 0.358 e. The van der Waals surface area contributed by atoms with Crippen LogP contribution >= 0.6 is 0 Å². The second kappa shape index (κ2) is 8.42. The van der Waals surface area contributed by atoms with Crippen molar-refractivity contribution in [1.29, 1.82) is 0 Å². The van der Waals surface area contributed by atoms with E-state index in [1.165, 1.54) is 16.7 Å². The number of fused-ring (bicyclic) bond motifs is 2. The number of rotatable bonds is 6. The lowest BCUT2D eigenvalue weighted by molar-refractivity contribution is -0.120. The monoisotopic (exact) mass is 389 g/mol. The van der Waals surface area contributed by atoms with Crippen molar-refractivity contribution in [2.75, 3.05) is 13.1 Å². The predicted molar refractivity (Wildman–Crippen MR) is 119 cm³/mol. The minimum Gasteiger partial charge on any atom is -0.358 e. The molecule has 4 heteroatoms. The van der Waals surface area contributed by atoms with Gasteiger partial charge in [0, 0.05) is 42.3 Å². The lowest BCUT2D eigenvalue weighted by atomic mass is 9.98. The van der Waals surface area contributed by atoms with Gasteiger partial charge >= 0.3 is 0 Å². The first-order valence-corrected chi connectivity index (χ1v) is 10.7. The molecule has 0 bridgehead atoms. The summed E-state index contributed by atoms with van der Waals surface area (Å²) >= 11 is 0. The van der Waals surface area contributed by atoms with Gasteiger partial charge < -0.3 is 10.3 Å². The molecule has 0 fully saturated rings. The highest BCUT2D eigenvalue weighted by Crippen LogP contribution is 2.24. The number of aromatic nitrogens is 1. The van der Waals surface area contributed by atoms with Crippen molar-refractivity contribution in [3.05, 3.63) is 70.4 Å². The van der Waals surface area contributed by atoms with Gasteiger partial charge in [-0.1, -0.05) is 42.8 Å². The Bertz CT molecular complexity index is 1020. The zero-order valence-corrected chi connectivity index (χ0v) is 17.7. The molecule has 3 aromatic rings. The van der Waals surface area contributed by atoms with E-state index in [2.05, 4.69) is 78.4 Å². The molecule has 0 radical (unpaired) electrons. The van der Waals surface area contributed by atoms with Gasteiger partial charge in [0.15, 0.2) is 0 Å². The second-order valence-corrected chi connectivity index (χ2v) is 8.31. The van der Waals surface area contributed by atoms with Gasteiger partial charge in [0.25, 0.3) is 0 Å². The highest BCUT2D eigenvalue weighted by molar-refractivity contribution is 5.90. The summed E-state index contributed by atoms with van der Waals surface area (Å²) in [6.07, 6.45) is 2.55. The fourth-order valence-corrected chi connectivity index (χ4v) is 4.54. The summed E-state index contributed by atoms with van der Waals surface area (Å²) in [7, 11) is 0. The van der Waals surface area contributed by atoms with Gasteiger partial charge in [-0.25, -0.2) is 0 Å². The van der Waals surface area contributed by atoms with Crippen LogP contribution in [0, 0.1) is 13.8 Å². The molecule has 2 heterocycles. The first-order valence-electron chi connectivity index (χ1n) is 10.7. The van der Waals surface area contributed by atoms with E-state index in [0.717, 1.165) is 48.1 Å². The SMILES string of the molecule is CCC(CNC(=O)Cc1c(C)[nH]c2ccc(C)cc12)N1CCc2ccccc2C1. The molecule has 0 aliphatic carbocycles. The highest BCUT2D eigenvalue weighted by atomic mass is 16.1. The van der Waals surface area contributed by atoms with Crippen molar-refractivity contribution in [2.24, 2.45) is 0 Å². The highest BCUT2D eigenvalue weighted by Gasteiger charge is 2.23. The molecule has 1 aliphatic rings. The smallest absolute Gasteiger partial charge is 0.224 e. The van der Waals surface area contributed by atoms with Gasteiger partial charge in [-0.05, 0) is 55.5 Å². The molecule has 0 saturated heterocycles. The number of nitrogens with zero attached hydrogens (tertiary/aromatic N) is 1. The number of hydrogen-bond donors (Lipinski definition) is 2. The van der Waals surface area contributed by atoms with E-state index >= 15 is 0 Å². The number of amides is 1. The number of benzene rings is 2. The number of aromatic amines is 1. The summed E-state index contributed by atoms with van der Waals surface area (Å²) in [5.41, 5.74) is 7.41. The molecular formula is C25H31N3O. The van der Waals surface area contributed by atoms with E-state index in [1.807, 2.05) is 0 Å². The Morgan fingerprint density at radius 1 is 1.17 bits per heavy atom. The number of hydrogen-bond acceptors (Lipinski definition) is 2. The Morgan fingerprint density at radius 2 is 1.97 bits per heavy atom. The number of carbonyl (C=O) groups is 1. The maximum Gasteiger partial charge on any atom is 0.224 e. The first kappa shape index (κ1) is 19.7. The molecule has 0 saturated carbocycles. The third kappa shape index (κ3) is 4.23. The molecule has 0 spiro atoms. The van der Waals surface area contributed by atoms with E-state index in [4.69, 9.17) is 0 Å². The quantitative estimate of drug-likeness (QED) is 0.661. The number of H-pyrrole nitrogens is 1. The van der Waals surface area contributed by atoms with Crippen molar-refractivity contribution in [3.8, 4) is 0 Å². The standard InChI is InChI=1S/C25H31N3O/c1-4-21(28-12-11-19-7-5-6-8-20(19)16-28)15-26-25(29)14-22-18(3)27-24-10-9-17(2)13-23(22)24/h5-10,13,21,27H,4,11-12,14-16H2,1-3H3,(H,26,29). The second-order valence-electron chi connectivity index (χ2n) is 8.31. The maximum atomic E-state index is 12.7. The van der Waals surface area contributed by atoms with Crippen LogP contribution in [0.25, 0.3) is 10.9 Å². The van der Waals surface area contributed by atoms with Gasteiger partial charge in [0.1, 0.15) is 0 Å². The van der Waals surface area contributed by atoms with E-state index in [9.17, 15) is 4.79 Å². The minimum atomic E-state index is 0.103. The topological polar surface area (TPSA) is 48.1 Å². The average Bonchev–Trinajstić information content (AvgIpc) is 3.03. The van der Waals surface area contributed by atoms with Gasteiger partial charge in [0.05, 0.1) is 6.42 Å². The molecule has 4 nitrogen and oxygen atoms in total. The lowest BCUT2D eigenvalue weighted by Gasteiger charge is -2.35. The van der Waals surface area contributed by atoms with Crippen LogP contribution in [0.15, 0.2) is 42.5 Å². The van der Waals surface area contributed by atoms with Gasteiger partial charge in [-0.2, -0.15) is 0 Å². The van der Waals surface area contributed by atoms with E-state index in [-0.39, 0.29) is 5.91 Å². The van der Waals surface area contributed by atoms with Crippen molar-refractivity contribution in [3.63, 3.8) is 0 Å². The maximum absolute atomic E-state index is 12.7. The third-order valence-electron chi connectivity index (χ3n) is 6.30. The third-order valence-corrected chi connectivity index (χ3v) is 6.30. The summed E-state index contributed by atoms with van der Waals surface area (Å²) in [5, 5.41) is 4.37. The van der Waals surface area contributed by atoms with Crippen molar-refractivity contribution in [1.82, 2.24) is 15.2 Å². The van der Waals surface area contributed by atoms with Gasteiger partial charge in [-0.3, -0.25) is 9.69 Å². The van der Waals surface area contributed by atoms with Crippen LogP contribution in [0.1, 0.15) is 41.3 Å². The van der Waals surface area contributed by atoms with Crippen molar-refractivity contribution >= 4 is 16.8 Å². The molecule has 2 N–H and O–H groups in total. The van der Waals surface area contributed by atoms with E-state index < -0.39 is 0 Å². The molecule has 1 aliphatic heterocycles. The molecule has 1 amide bonds. The van der Waals surface area contributed by atoms with Gasteiger partial charge in [0.2, 0.25) is 5.91 Å². The fraction of sp³-hybridized carbons (Fsp3) is 0.400. The van der Waals surface area contributed by atoms with Crippen LogP contribution in [-0.2, 0) is 24.2 Å². The zero-order valence-electron chi connectivity index (χ0n) is 17.7. The number of carbonyl (C=O) groups excluding carboxylic acids is 1. The summed E-state index contributed by atoms with van der Waals surface area (Å²) < 4.78 is 0. The molecule has 1 unspecified atom stereocenters. The Balaban J connectivity index is 1.39. The van der Waals surface area contributed by atoms with Crippen LogP contribution in [0.3, 0.4) is 0 Å². The Labute approximate surface area is 173 Å². The molecule has 29 heavy (non-hydrogen) atoms. The predicted octanol–water partition coefficient (Wildman–Crippen LogP) is 4.28. The van der Waals surface area contributed by atoms with Crippen molar-refractivity contribution in [2.45, 2.75) is 52.6 Å². The Kier molecular flexibility index (Phi) is 5.72. The normalized spacial score (nSPS) is 15.3. The van der Waals surface area contributed by atoms with E-state index in [0.29, 0.717) is 19.0 Å². The van der Waals surface area contributed by atoms with E-state index in [1.54, 1.807) is 0 Å². The van der Waals surface area contributed by atoms with Crippen molar-refractivity contribution < 1.29 is 4.79 Å². The molecule has 1 atom stereocenters. The lowest BCUT2D eigenvalue weighted by Crippen LogP contribution is -2.46. The summed E-state index contributed by atoms with van der Waals surface area (Å²) in [6.45, 7) is 9.10. The summed E-state index contributed by atoms with van der Waals surface area (Å²) in [5.74, 6) is 0.103. The summed E-state index contributed by atoms with van der Waals surface area (Å²) in [6, 6.07) is 15.5. The molecule has 1 aromatic heterocycles. The minimum absolute atomic E-state index is 0.103. The Hall–Kier alpha value is -2.59. The number of nitrogens with one attached hydrogen (secondary N) is 2.